The molecule has 0 bridgehead atoms. The highest BCUT2D eigenvalue weighted by atomic mass is 19.1. The summed E-state index contributed by atoms with van der Waals surface area (Å²) in [5, 5.41) is 1.36. The van der Waals surface area contributed by atoms with Crippen LogP contribution in [0, 0.1) is 19.7 Å². The van der Waals surface area contributed by atoms with Gasteiger partial charge in [0.05, 0.1) is 6.61 Å². The van der Waals surface area contributed by atoms with Gasteiger partial charge in [-0.3, -0.25) is 0 Å². The third-order valence-electron chi connectivity index (χ3n) is 7.45. The number of hydrogen-bond acceptors (Lipinski definition) is 2. The second-order valence-electron chi connectivity index (χ2n) is 10.3. The summed E-state index contributed by atoms with van der Waals surface area (Å²) in [4.78, 5) is 2.25. The van der Waals surface area contributed by atoms with E-state index in [1.54, 1.807) is 12.1 Å². The van der Waals surface area contributed by atoms with E-state index in [-0.39, 0.29) is 11.4 Å². The van der Waals surface area contributed by atoms with Gasteiger partial charge in [0.15, 0.2) is 0 Å². The molecule has 4 aromatic rings. The predicted molar refractivity (Wildman–Crippen MR) is 142 cm³/mol. The van der Waals surface area contributed by atoms with Crippen LogP contribution in [0.1, 0.15) is 39.9 Å². The number of halogens is 1. The van der Waals surface area contributed by atoms with Crippen LogP contribution in [0.3, 0.4) is 0 Å². The van der Waals surface area contributed by atoms with Gasteiger partial charge >= 0.3 is 0 Å². The second kappa shape index (κ2) is 9.60. The van der Waals surface area contributed by atoms with Crippen LogP contribution in [-0.4, -0.2) is 36.7 Å². The third-order valence-corrected chi connectivity index (χ3v) is 7.45. The van der Waals surface area contributed by atoms with Gasteiger partial charge in [0.1, 0.15) is 11.4 Å². The molecule has 3 nitrogen and oxygen atoms in total. The first-order valence-electron chi connectivity index (χ1n) is 12.6. The van der Waals surface area contributed by atoms with Gasteiger partial charge in [0.25, 0.3) is 0 Å². The van der Waals surface area contributed by atoms with E-state index in [9.17, 15) is 4.39 Å². The molecule has 0 amide bonds. The summed E-state index contributed by atoms with van der Waals surface area (Å²) in [5.74, 6) is -0.194. The Hall–Kier alpha value is -2.95. The van der Waals surface area contributed by atoms with E-state index in [1.165, 1.54) is 44.9 Å². The van der Waals surface area contributed by atoms with Crippen molar-refractivity contribution in [2.45, 2.75) is 45.3 Å². The molecule has 1 unspecified atom stereocenters. The molecule has 1 atom stereocenters. The maximum Gasteiger partial charge on any atom is 0.123 e. The number of nitrogens with zero attached hydrogens (tertiary/aromatic N) is 2. The summed E-state index contributed by atoms with van der Waals surface area (Å²) in [6.07, 6.45) is 2.75. The van der Waals surface area contributed by atoms with Crippen LogP contribution in [0.25, 0.3) is 10.9 Å². The fourth-order valence-electron chi connectivity index (χ4n) is 5.24. The van der Waals surface area contributed by atoms with E-state index in [0.717, 1.165) is 31.5 Å². The molecular weight excluding hydrogens is 435 g/mol. The first-order chi connectivity index (χ1) is 16.8. The topological polar surface area (TPSA) is 20.7 Å². The summed E-state index contributed by atoms with van der Waals surface area (Å²) < 4.78 is 22.0. The van der Waals surface area contributed by atoms with Crippen LogP contribution in [0.2, 0.25) is 0 Å². The molecule has 3 aromatic carbocycles. The lowest BCUT2D eigenvalue weighted by Gasteiger charge is -2.14. The van der Waals surface area contributed by atoms with E-state index in [1.807, 2.05) is 6.07 Å². The number of fused-ring (bicyclic) bond motifs is 1. The molecule has 0 spiro atoms. The Morgan fingerprint density at radius 1 is 0.943 bits per heavy atom. The summed E-state index contributed by atoms with van der Waals surface area (Å²) >= 11 is 0. The minimum Gasteiger partial charge on any atom is -0.364 e. The summed E-state index contributed by atoms with van der Waals surface area (Å²) in [6.45, 7) is 7.31. The molecular formula is C31H35FN2O. The maximum absolute atomic E-state index is 13.6. The summed E-state index contributed by atoms with van der Waals surface area (Å²) in [5.41, 5.74) is 8.53. The highest BCUT2D eigenvalue weighted by Crippen LogP contribution is 2.42. The van der Waals surface area contributed by atoms with E-state index in [0.29, 0.717) is 13.0 Å². The second-order valence-corrected chi connectivity index (χ2v) is 10.3. The van der Waals surface area contributed by atoms with E-state index < -0.39 is 0 Å². The standard InChI is InChI=1S/C31H35FN2O/c1-22-23(2)34(16-6-15-33(3)4)30-14-11-25(19-29(22)30)17-24-9-12-27(13-10-24)31(21-35-31)20-26-7-5-8-28(32)18-26/h5,7-14,18-19H,6,15-17,20-21H2,1-4H3. The van der Waals surface area contributed by atoms with Gasteiger partial charge in [-0.15, -0.1) is 0 Å². The Kier molecular flexibility index (Phi) is 6.52. The zero-order valence-corrected chi connectivity index (χ0v) is 21.3. The van der Waals surface area contributed by atoms with Crippen molar-refractivity contribution in [2.24, 2.45) is 0 Å². The minimum atomic E-state index is -0.310. The number of aromatic nitrogens is 1. The molecule has 5 rings (SSSR count). The lowest BCUT2D eigenvalue weighted by atomic mass is 9.91. The van der Waals surface area contributed by atoms with Gasteiger partial charge in [0.2, 0.25) is 0 Å². The molecule has 0 N–H and O–H groups in total. The largest absolute Gasteiger partial charge is 0.364 e. The molecule has 1 aliphatic rings. The molecule has 35 heavy (non-hydrogen) atoms. The van der Waals surface area contributed by atoms with Gasteiger partial charge in [-0.05, 0) is 99.4 Å². The predicted octanol–water partition coefficient (Wildman–Crippen LogP) is 6.41. The number of ether oxygens (including phenoxy) is 1. The molecule has 182 valence electrons. The van der Waals surface area contributed by atoms with Crippen molar-refractivity contribution in [1.82, 2.24) is 9.47 Å². The van der Waals surface area contributed by atoms with Crippen LogP contribution in [-0.2, 0) is 29.7 Å². The zero-order valence-electron chi connectivity index (χ0n) is 21.3. The summed E-state index contributed by atoms with van der Waals surface area (Å²) in [6, 6.07) is 22.5. The fourth-order valence-corrected chi connectivity index (χ4v) is 5.24. The highest BCUT2D eigenvalue weighted by Gasteiger charge is 2.46. The normalized spacial score (nSPS) is 17.4. The summed E-state index contributed by atoms with van der Waals surface area (Å²) in [7, 11) is 4.26. The highest BCUT2D eigenvalue weighted by molar-refractivity contribution is 5.86. The number of epoxide rings is 1. The molecule has 0 aliphatic carbocycles. The average Bonchev–Trinajstić information content (AvgIpc) is 3.57. The van der Waals surface area contributed by atoms with Crippen LogP contribution in [0.15, 0.2) is 66.7 Å². The van der Waals surface area contributed by atoms with Crippen LogP contribution >= 0.6 is 0 Å². The van der Waals surface area contributed by atoms with Crippen molar-refractivity contribution in [2.75, 3.05) is 27.2 Å². The van der Waals surface area contributed by atoms with Crippen molar-refractivity contribution >= 4 is 10.9 Å². The van der Waals surface area contributed by atoms with Gasteiger partial charge < -0.3 is 14.2 Å². The Bertz CT molecular complexity index is 1330. The smallest absolute Gasteiger partial charge is 0.123 e. The van der Waals surface area contributed by atoms with Crippen LogP contribution in [0.4, 0.5) is 4.39 Å². The lowest BCUT2D eigenvalue weighted by molar-refractivity contribution is 0.306. The van der Waals surface area contributed by atoms with Gasteiger partial charge in [-0.2, -0.15) is 0 Å². The van der Waals surface area contributed by atoms with Gasteiger partial charge in [-0.25, -0.2) is 4.39 Å². The molecule has 0 radical (unpaired) electrons. The van der Waals surface area contributed by atoms with Gasteiger partial charge in [0, 0.05) is 29.6 Å². The van der Waals surface area contributed by atoms with Crippen LogP contribution in [0.5, 0.6) is 0 Å². The first-order valence-corrected chi connectivity index (χ1v) is 12.6. The molecule has 1 aromatic heterocycles. The van der Waals surface area contributed by atoms with Gasteiger partial charge in [-0.1, -0.05) is 42.5 Å². The van der Waals surface area contributed by atoms with Crippen molar-refractivity contribution in [3.8, 4) is 0 Å². The maximum atomic E-state index is 13.6. The molecule has 4 heteroatoms. The van der Waals surface area contributed by atoms with Crippen molar-refractivity contribution < 1.29 is 9.13 Å². The number of hydrogen-bond donors (Lipinski definition) is 0. The van der Waals surface area contributed by atoms with E-state index in [4.69, 9.17) is 4.74 Å². The number of aryl methyl sites for hydroxylation is 2. The Morgan fingerprint density at radius 3 is 2.37 bits per heavy atom. The average molecular weight is 471 g/mol. The first kappa shape index (κ1) is 23.8. The van der Waals surface area contributed by atoms with Crippen molar-refractivity contribution in [3.63, 3.8) is 0 Å². The monoisotopic (exact) mass is 470 g/mol. The van der Waals surface area contributed by atoms with Crippen LogP contribution < -0.4 is 0 Å². The molecule has 1 aliphatic heterocycles. The quantitative estimate of drug-likeness (QED) is 0.264. The van der Waals surface area contributed by atoms with Crippen molar-refractivity contribution in [1.29, 1.82) is 0 Å². The molecule has 2 heterocycles. The molecule has 1 saturated heterocycles. The Morgan fingerprint density at radius 2 is 1.69 bits per heavy atom. The SMILES string of the molecule is Cc1c(C)n(CCCN(C)C)c2ccc(Cc3ccc(C4(Cc5cccc(F)c5)CO4)cc3)cc12. The van der Waals surface area contributed by atoms with E-state index >= 15 is 0 Å². The Labute approximate surface area is 208 Å². The number of rotatable bonds is 9. The molecule has 1 fully saturated rings. The van der Waals surface area contributed by atoms with Crippen molar-refractivity contribution in [3.05, 3.63) is 106 Å². The van der Waals surface area contributed by atoms with E-state index in [2.05, 4.69) is 79.9 Å². The Balaban J connectivity index is 1.31. The molecule has 0 saturated carbocycles. The zero-order chi connectivity index (χ0) is 24.6. The lowest BCUT2D eigenvalue weighted by Crippen LogP contribution is -2.15. The third kappa shape index (κ3) is 5.05. The minimum absolute atomic E-state index is 0.194. The fraction of sp³-hybridized carbons (Fsp3) is 0.355. The number of benzene rings is 3.